The van der Waals surface area contributed by atoms with Gasteiger partial charge in [-0.2, -0.15) is 0 Å². The van der Waals surface area contributed by atoms with Crippen molar-refractivity contribution in [3.63, 3.8) is 0 Å². The topological polar surface area (TPSA) is 99.1 Å². The summed E-state index contributed by atoms with van der Waals surface area (Å²) in [4.78, 5) is 36.9. The number of esters is 2. The van der Waals surface area contributed by atoms with Gasteiger partial charge in [-0.1, -0.05) is 120 Å². The molecule has 0 aromatic carbocycles. The summed E-state index contributed by atoms with van der Waals surface area (Å²) in [6, 6.07) is -0.624. The molecule has 0 fully saturated rings. The quantitative estimate of drug-likeness (QED) is 0.0295. The Morgan fingerprint density at radius 3 is 1.58 bits per heavy atom. The molecule has 0 heterocycles. The summed E-state index contributed by atoms with van der Waals surface area (Å²) in [7, 11) is 5.50. The van der Waals surface area contributed by atoms with Crippen LogP contribution in [0.4, 0.5) is 0 Å². The van der Waals surface area contributed by atoms with E-state index in [0.717, 1.165) is 83.5 Å². The molecular weight excluding hydrogens is 666 g/mol. The lowest BCUT2D eigenvalue weighted by atomic mass is 10.1. The first-order valence-corrected chi connectivity index (χ1v) is 20.8. The molecule has 0 amide bonds. The minimum atomic E-state index is -0.885. The second-order valence-corrected chi connectivity index (χ2v) is 14.9. The van der Waals surface area contributed by atoms with Crippen molar-refractivity contribution >= 4 is 17.9 Å². The number of hydrogen-bond donors (Lipinski definition) is 1. The smallest absolute Gasteiger partial charge is 0.362 e. The Labute approximate surface area is 324 Å². The number of carboxylic acids is 1. The zero-order chi connectivity index (χ0) is 39.3. The van der Waals surface area contributed by atoms with Crippen LogP contribution >= 0.6 is 0 Å². The Hall–Kier alpha value is -2.97. The van der Waals surface area contributed by atoms with Crippen molar-refractivity contribution < 1.29 is 38.2 Å². The summed E-state index contributed by atoms with van der Waals surface area (Å²) >= 11 is 0. The summed E-state index contributed by atoms with van der Waals surface area (Å²) in [5, 5.41) is 9.60. The van der Waals surface area contributed by atoms with Crippen LogP contribution in [0.15, 0.2) is 60.8 Å². The first-order chi connectivity index (χ1) is 25.6. The monoisotopic (exact) mass is 745 g/mol. The van der Waals surface area contributed by atoms with Crippen molar-refractivity contribution in [2.75, 3.05) is 41.0 Å². The van der Waals surface area contributed by atoms with Crippen molar-refractivity contribution in [3.05, 3.63) is 60.8 Å². The van der Waals surface area contributed by atoms with Gasteiger partial charge in [0.2, 0.25) is 0 Å². The average molecular weight is 745 g/mol. The van der Waals surface area contributed by atoms with Gasteiger partial charge in [0.1, 0.15) is 6.61 Å². The highest BCUT2D eigenvalue weighted by Gasteiger charge is 2.31. The molecule has 0 saturated carbocycles. The van der Waals surface area contributed by atoms with E-state index in [-0.39, 0.29) is 42.7 Å². The fourth-order valence-corrected chi connectivity index (χ4v) is 5.66. The van der Waals surface area contributed by atoms with Gasteiger partial charge in [-0.05, 0) is 77.0 Å². The van der Waals surface area contributed by atoms with Crippen molar-refractivity contribution in [3.8, 4) is 0 Å². The zero-order valence-corrected chi connectivity index (χ0v) is 34.4. The Morgan fingerprint density at radius 1 is 0.585 bits per heavy atom. The number of nitrogens with zero attached hydrogens (tertiary/aromatic N) is 1. The van der Waals surface area contributed by atoms with Crippen molar-refractivity contribution in [1.29, 1.82) is 0 Å². The molecule has 0 aromatic heterocycles. The van der Waals surface area contributed by atoms with Crippen LogP contribution in [0.5, 0.6) is 0 Å². The van der Waals surface area contributed by atoms with E-state index in [0.29, 0.717) is 12.8 Å². The SMILES string of the molecule is CC/C=C/C/C=C/C/C=C/C/C=C/CCCCCC(=O)OC(COCCC(C(=O)O)[N+](C)(C)C)COC(=O)CCCCC/C=C/CCCCCCCC. The van der Waals surface area contributed by atoms with E-state index in [1.807, 2.05) is 21.1 Å². The fourth-order valence-electron chi connectivity index (χ4n) is 5.66. The van der Waals surface area contributed by atoms with Gasteiger partial charge >= 0.3 is 17.9 Å². The normalized spacial score (nSPS) is 13.6. The molecule has 0 aromatic rings. The number of carbonyl (C=O) groups is 3. The third kappa shape index (κ3) is 34.5. The van der Waals surface area contributed by atoms with Gasteiger partial charge in [0.05, 0.1) is 34.4 Å². The number of aliphatic carboxylic acids is 1. The molecular formula is C45H78NO7+. The van der Waals surface area contributed by atoms with Gasteiger partial charge < -0.3 is 23.8 Å². The van der Waals surface area contributed by atoms with E-state index in [1.165, 1.54) is 38.5 Å². The molecule has 304 valence electrons. The number of likely N-dealkylation sites (N-methyl/N-ethyl adjacent to an activating group) is 1. The molecule has 2 atom stereocenters. The molecule has 53 heavy (non-hydrogen) atoms. The highest BCUT2D eigenvalue weighted by Crippen LogP contribution is 2.12. The van der Waals surface area contributed by atoms with Crippen LogP contribution in [0.3, 0.4) is 0 Å². The summed E-state index contributed by atoms with van der Waals surface area (Å²) in [5.41, 5.74) is 0. The molecule has 0 bridgehead atoms. The Morgan fingerprint density at radius 2 is 1.06 bits per heavy atom. The molecule has 0 aliphatic rings. The largest absolute Gasteiger partial charge is 0.477 e. The van der Waals surface area contributed by atoms with Gasteiger partial charge in [-0.25, -0.2) is 4.79 Å². The maximum absolute atomic E-state index is 12.7. The number of quaternary nitrogens is 1. The maximum Gasteiger partial charge on any atom is 0.362 e. The van der Waals surface area contributed by atoms with Gasteiger partial charge in [0.15, 0.2) is 12.1 Å². The third-order valence-corrected chi connectivity index (χ3v) is 8.90. The van der Waals surface area contributed by atoms with E-state index in [1.54, 1.807) is 0 Å². The minimum Gasteiger partial charge on any atom is -0.477 e. The highest BCUT2D eigenvalue weighted by atomic mass is 16.6. The third-order valence-electron chi connectivity index (χ3n) is 8.90. The average Bonchev–Trinajstić information content (AvgIpc) is 3.11. The van der Waals surface area contributed by atoms with E-state index in [2.05, 4.69) is 74.6 Å². The van der Waals surface area contributed by atoms with Crippen LogP contribution in [0.2, 0.25) is 0 Å². The van der Waals surface area contributed by atoms with Crippen molar-refractivity contribution in [2.45, 2.75) is 167 Å². The van der Waals surface area contributed by atoms with Crippen LogP contribution in [0, 0.1) is 0 Å². The van der Waals surface area contributed by atoms with Crippen LogP contribution in [-0.4, -0.2) is 80.6 Å². The number of hydrogen-bond acceptors (Lipinski definition) is 6. The number of allylic oxidation sites excluding steroid dienone is 10. The maximum atomic E-state index is 12.7. The molecule has 2 unspecified atom stereocenters. The highest BCUT2D eigenvalue weighted by molar-refractivity contribution is 5.72. The van der Waals surface area contributed by atoms with Crippen molar-refractivity contribution in [1.82, 2.24) is 0 Å². The standard InChI is InChI=1S/C45H77NO7/c1-6-8-10-12-14-16-18-20-21-22-24-26-28-30-32-34-36-44(48)53-41(39-51-38-37-42(45(49)50)46(3,4)5)40-52-43(47)35-33-31-29-27-25-23-19-17-15-13-11-9-7-2/h8,10,14,16,20-21,23-26,41-42H,6-7,9,11-13,15,17-19,22,27-40H2,1-5H3/p+1/b10-8+,16-14+,21-20+,25-23+,26-24+. The van der Waals surface area contributed by atoms with E-state index >= 15 is 0 Å². The molecule has 0 spiro atoms. The Balaban J connectivity index is 4.48. The first kappa shape index (κ1) is 50.0. The predicted molar refractivity (Wildman–Crippen MR) is 220 cm³/mol. The van der Waals surface area contributed by atoms with Crippen LogP contribution in [0.1, 0.15) is 155 Å². The first-order valence-electron chi connectivity index (χ1n) is 20.8. The van der Waals surface area contributed by atoms with E-state index < -0.39 is 18.1 Å². The second kappa shape index (κ2) is 36.0. The lowest BCUT2D eigenvalue weighted by Gasteiger charge is -2.31. The van der Waals surface area contributed by atoms with Gasteiger partial charge in [0.25, 0.3) is 0 Å². The lowest BCUT2D eigenvalue weighted by Crippen LogP contribution is -2.50. The molecule has 8 heteroatoms. The minimum absolute atomic E-state index is 0.0411. The summed E-state index contributed by atoms with van der Waals surface area (Å²) in [6.45, 7) is 4.54. The number of ether oxygens (including phenoxy) is 3. The number of rotatable bonds is 36. The summed E-state index contributed by atoms with van der Waals surface area (Å²) in [5.74, 6) is -1.54. The molecule has 0 radical (unpaired) electrons. The van der Waals surface area contributed by atoms with Gasteiger partial charge in [0, 0.05) is 19.3 Å². The zero-order valence-electron chi connectivity index (χ0n) is 34.4. The summed E-state index contributed by atoms with van der Waals surface area (Å²) < 4.78 is 17.2. The van der Waals surface area contributed by atoms with E-state index in [4.69, 9.17) is 14.2 Å². The van der Waals surface area contributed by atoms with E-state index in [9.17, 15) is 19.5 Å². The number of carbonyl (C=O) groups excluding carboxylic acids is 2. The van der Waals surface area contributed by atoms with Gasteiger partial charge in [-0.15, -0.1) is 0 Å². The Bertz CT molecular complexity index is 1050. The van der Waals surface area contributed by atoms with Crippen LogP contribution in [0.25, 0.3) is 0 Å². The van der Waals surface area contributed by atoms with Crippen molar-refractivity contribution in [2.24, 2.45) is 0 Å². The molecule has 0 saturated heterocycles. The number of unbranched alkanes of at least 4 members (excludes halogenated alkanes) is 12. The molecule has 1 N–H and O–H groups in total. The molecule has 0 aliphatic carbocycles. The van der Waals surface area contributed by atoms with Gasteiger partial charge in [-0.3, -0.25) is 9.59 Å². The summed E-state index contributed by atoms with van der Waals surface area (Å²) in [6.07, 6.45) is 42.6. The lowest BCUT2D eigenvalue weighted by molar-refractivity contribution is -0.887. The fraction of sp³-hybridized carbons (Fsp3) is 0.711. The molecule has 0 aliphatic heterocycles. The Kier molecular flexibility index (Phi) is 34.0. The molecule has 0 rings (SSSR count). The van der Waals surface area contributed by atoms with Crippen LogP contribution < -0.4 is 0 Å². The van der Waals surface area contributed by atoms with Crippen LogP contribution in [-0.2, 0) is 28.6 Å². The predicted octanol–water partition coefficient (Wildman–Crippen LogP) is 11.0. The second-order valence-electron chi connectivity index (χ2n) is 14.9. The number of carboxylic acid groups (broad SMARTS) is 1. The molecule has 8 nitrogen and oxygen atoms in total.